The quantitative estimate of drug-likeness (QED) is 0.844. The van der Waals surface area contributed by atoms with E-state index in [4.69, 9.17) is 0 Å². The molecule has 0 aromatic heterocycles. The summed E-state index contributed by atoms with van der Waals surface area (Å²) in [5, 5.41) is 2.49. The normalized spacial score (nSPS) is 28.1. The molecule has 0 spiro atoms. The number of halogens is 1. The highest BCUT2D eigenvalue weighted by atomic mass is 32.2. The Bertz CT molecular complexity index is 749. The molecule has 2 fully saturated rings. The standard InChI is InChI=1S/C19H27FN2O3S/c1-13(2)9-21-19(23)16-7-8-26(24,25)18-12-22(11-17(16)18)10-14-3-5-15(20)6-4-14/h3-6,13,16-18H,7-12H2,1-2H3,(H,21,23)/t16-,17+,18+/m0/s1. The monoisotopic (exact) mass is 382 g/mol. The van der Waals surface area contributed by atoms with Gasteiger partial charge in [0, 0.05) is 38.0 Å². The zero-order valence-corrected chi connectivity index (χ0v) is 16.1. The summed E-state index contributed by atoms with van der Waals surface area (Å²) in [6.45, 7) is 6.28. The third-order valence-corrected chi connectivity index (χ3v) is 7.64. The molecule has 2 heterocycles. The van der Waals surface area contributed by atoms with Gasteiger partial charge in [-0.2, -0.15) is 0 Å². The lowest BCUT2D eigenvalue weighted by atomic mass is 9.87. The molecule has 1 aromatic carbocycles. The van der Waals surface area contributed by atoms with Crippen LogP contribution in [0.1, 0.15) is 25.8 Å². The SMILES string of the molecule is CC(C)CNC(=O)[C@H]1CCS(=O)(=O)[C@@H]2CN(Cc3ccc(F)cc3)C[C@H]12. The predicted octanol–water partition coefficient (Wildman–Crippen LogP) is 1.83. The summed E-state index contributed by atoms with van der Waals surface area (Å²) in [6.07, 6.45) is 0.401. The van der Waals surface area contributed by atoms with Crippen molar-refractivity contribution >= 4 is 15.7 Å². The minimum Gasteiger partial charge on any atom is -0.356 e. The summed E-state index contributed by atoms with van der Waals surface area (Å²) < 4.78 is 38.1. The van der Waals surface area contributed by atoms with E-state index in [0.717, 1.165) is 5.56 Å². The Morgan fingerprint density at radius 2 is 1.96 bits per heavy atom. The van der Waals surface area contributed by atoms with E-state index in [1.54, 1.807) is 12.1 Å². The summed E-state index contributed by atoms with van der Waals surface area (Å²) in [6, 6.07) is 6.27. The van der Waals surface area contributed by atoms with Crippen molar-refractivity contribution in [3.63, 3.8) is 0 Å². The van der Waals surface area contributed by atoms with Crippen LogP contribution in [-0.2, 0) is 21.2 Å². The van der Waals surface area contributed by atoms with Crippen LogP contribution in [0.15, 0.2) is 24.3 Å². The Morgan fingerprint density at radius 1 is 1.27 bits per heavy atom. The van der Waals surface area contributed by atoms with Crippen molar-refractivity contribution in [1.82, 2.24) is 10.2 Å². The maximum Gasteiger partial charge on any atom is 0.223 e. The molecule has 0 aliphatic carbocycles. The van der Waals surface area contributed by atoms with Gasteiger partial charge in [-0.1, -0.05) is 26.0 Å². The van der Waals surface area contributed by atoms with Crippen LogP contribution < -0.4 is 5.32 Å². The number of benzene rings is 1. The van der Waals surface area contributed by atoms with Crippen LogP contribution in [-0.4, -0.2) is 49.9 Å². The lowest BCUT2D eigenvalue weighted by Crippen LogP contribution is -2.47. The van der Waals surface area contributed by atoms with Crippen molar-refractivity contribution in [2.45, 2.75) is 32.1 Å². The van der Waals surface area contributed by atoms with Crippen molar-refractivity contribution < 1.29 is 17.6 Å². The molecule has 3 rings (SSSR count). The summed E-state index contributed by atoms with van der Waals surface area (Å²) >= 11 is 0. The smallest absolute Gasteiger partial charge is 0.223 e. The van der Waals surface area contributed by atoms with Crippen LogP contribution in [0.25, 0.3) is 0 Å². The number of carbonyl (C=O) groups excluding carboxylic acids is 1. The van der Waals surface area contributed by atoms with Crippen LogP contribution in [0.2, 0.25) is 0 Å². The molecule has 1 aromatic rings. The van der Waals surface area contributed by atoms with E-state index in [1.807, 2.05) is 13.8 Å². The molecule has 2 saturated heterocycles. The maximum absolute atomic E-state index is 13.1. The lowest BCUT2D eigenvalue weighted by molar-refractivity contribution is -0.126. The molecule has 144 valence electrons. The molecule has 5 nitrogen and oxygen atoms in total. The maximum atomic E-state index is 13.1. The third-order valence-electron chi connectivity index (χ3n) is 5.42. The summed E-state index contributed by atoms with van der Waals surface area (Å²) in [5.41, 5.74) is 0.947. The van der Waals surface area contributed by atoms with Gasteiger partial charge in [0.1, 0.15) is 5.82 Å². The molecular formula is C19H27FN2O3S. The highest BCUT2D eigenvalue weighted by Crippen LogP contribution is 2.37. The Balaban J connectivity index is 1.71. The second-order valence-electron chi connectivity index (χ2n) is 7.92. The summed E-state index contributed by atoms with van der Waals surface area (Å²) in [4.78, 5) is 14.7. The lowest BCUT2D eigenvalue weighted by Gasteiger charge is -2.32. The van der Waals surface area contributed by atoms with E-state index in [2.05, 4.69) is 10.2 Å². The topological polar surface area (TPSA) is 66.5 Å². The zero-order valence-electron chi connectivity index (χ0n) is 15.3. The van der Waals surface area contributed by atoms with Crippen LogP contribution in [0.5, 0.6) is 0 Å². The summed E-state index contributed by atoms with van der Waals surface area (Å²) in [5.74, 6) is -0.277. The number of fused-ring (bicyclic) bond motifs is 1. The molecule has 0 saturated carbocycles. The van der Waals surface area contributed by atoms with E-state index < -0.39 is 15.1 Å². The van der Waals surface area contributed by atoms with Gasteiger partial charge in [-0.15, -0.1) is 0 Å². The number of rotatable bonds is 5. The number of hydrogen-bond acceptors (Lipinski definition) is 4. The number of carbonyl (C=O) groups is 1. The number of amides is 1. The molecular weight excluding hydrogens is 355 g/mol. The van der Waals surface area contributed by atoms with Gasteiger partial charge in [0.15, 0.2) is 9.84 Å². The first-order chi connectivity index (χ1) is 12.3. The minimum atomic E-state index is -3.17. The van der Waals surface area contributed by atoms with Crippen molar-refractivity contribution in [3.05, 3.63) is 35.6 Å². The molecule has 0 bridgehead atoms. The third kappa shape index (κ3) is 4.26. The van der Waals surface area contributed by atoms with Gasteiger partial charge >= 0.3 is 0 Å². The van der Waals surface area contributed by atoms with Gasteiger partial charge < -0.3 is 5.32 Å². The van der Waals surface area contributed by atoms with Crippen LogP contribution in [0.4, 0.5) is 4.39 Å². The fraction of sp³-hybridized carbons (Fsp3) is 0.632. The number of nitrogens with one attached hydrogen (secondary N) is 1. The van der Waals surface area contributed by atoms with Gasteiger partial charge in [-0.05, 0) is 30.0 Å². The van der Waals surface area contributed by atoms with E-state index in [1.165, 1.54) is 12.1 Å². The fourth-order valence-corrected chi connectivity index (χ4v) is 6.17. The second kappa shape index (κ2) is 7.64. The molecule has 1 N–H and O–H groups in total. The first kappa shape index (κ1) is 19.3. The van der Waals surface area contributed by atoms with Gasteiger partial charge in [-0.3, -0.25) is 9.69 Å². The number of hydrogen-bond donors (Lipinski definition) is 1. The van der Waals surface area contributed by atoms with Crippen LogP contribution >= 0.6 is 0 Å². The van der Waals surface area contributed by atoms with E-state index in [-0.39, 0.29) is 29.3 Å². The highest BCUT2D eigenvalue weighted by Gasteiger charge is 2.50. The zero-order chi connectivity index (χ0) is 18.9. The van der Waals surface area contributed by atoms with E-state index in [9.17, 15) is 17.6 Å². The first-order valence-corrected chi connectivity index (χ1v) is 10.9. The number of nitrogens with zero attached hydrogens (tertiary/aromatic N) is 1. The highest BCUT2D eigenvalue weighted by molar-refractivity contribution is 7.92. The Morgan fingerprint density at radius 3 is 2.62 bits per heavy atom. The average molecular weight is 383 g/mol. The molecule has 7 heteroatoms. The second-order valence-corrected chi connectivity index (χ2v) is 10.3. The van der Waals surface area contributed by atoms with Crippen molar-refractivity contribution in [2.24, 2.45) is 17.8 Å². The molecule has 3 atom stereocenters. The largest absolute Gasteiger partial charge is 0.356 e. The fourth-order valence-electron chi connectivity index (χ4n) is 4.04. The molecule has 1 amide bonds. The Kier molecular flexibility index (Phi) is 5.67. The van der Waals surface area contributed by atoms with Crippen LogP contribution in [0, 0.1) is 23.6 Å². The number of sulfone groups is 1. The first-order valence-electron chi connectivity index (χ1n) is 9.22. The van der Waals surface area contributed by atoms with Gasteiger partial charge in [0.25, 0.3) is 0 Å². The van der Waals surface area contributed by atoms with E-state index >= 15 is 0 Å². The molecule has 0 radical (unpaired) electrons. The Labute approximate surface area is 154 Å². The van der Waals surface area contributed by atoms with Gasteiger partial charge in [0.2, 0.25) is 5.91 Å². The average Bonchev–Trinajstić information content (AvgIpc) is 3.00. The van der Waals surface area contributed by atoms with Crippen molar-refractivity contribution in [1.29, 1.82) is 0 Å². The number of likely N-dealkylation sites (tertiary alicyclic amines) is 1. The molecule has 26 heavy (non-hydrogen) atoms. The van der Waals surface area contributed by atoms with Gasteiger partial charge in [-0.25, -0.2) is 12.8 Å². The molecule has 2 aliphatic heterocycles. The van der Waals surface area contributed by atoms with Crippen molar-refractivity contribution in [3.8, 4) is 0 Å². The predicted molar refractivity (Wildman–Crippen MR) is 98.7 cm³/mol. The Hall–Kier alpha value is -1.47. The van der Waals surface area contributed by atoms with Crippen LogP contribution in [0.3, 0.4) is 0 Å². The molecule has 0 unspecified atom stereocenters. The molecule has 2 aliphatic rings. The minimum absolute atomic E-state index is 0.0211. The van der Waals surface area contributed by atoms with Gasteiger partial charge in [0.05, 0.1) is 11.0 Å². The summed E-state index contributed by atoms with van der Waals surface area (Å²) in [7, 11) is -3.17. The van der Waals surface area contributed by atoms with Crippen molar-refractivity contribution in [2.75, 3.05) is 25.4 Å². The van der Waals surface area contributed by atoms with E-state index in [0.29, 0.717) is 38.5 Å².